The van der Waals surface area contributed by atoms with E-state index in [2.05, 4.69) is 24.4 Å². The average Bonchev–Trinajstić information content (AvgIpc) is 2.67. The van der Waals surface area contributed by atoms with Gasteiger partial charge in [-0.25, -0.2) is 8.42 Å². The van der Waals surface area contributed by atoms with Gasteiger partial charge in [-0.15, -0.1) is 0 Å². The van der Waals surface area contributed by atoms with Gasteiger partial charge in [0.05, 0.1) is 0 Å². The maximum Gasteiger partial charge on any atom is 1.00 e. The molecule has 0 bridgehead atoms. The third kappa shape index (κ3) is 23.7. The van der Waals surface area contributed by atoms with Crippen LogP contribution in [-0.4, -0.2) is 36.6 Å². The Morgan fingerprint density at radius 1 is 0.812 bits per heavy atom. The SMILES string of the molecule is CCCCCCCC/C=C/CCCCCCCCNC(=O)C(CC(=O)[O-])S(=O)(=O)[O-].[Na+].[Na+]. The molecule has 1 unspecified atom stereocenters. The maximum atomic E-state index is 11.7. The van der Waals surface area contributed by atoms with Crippen LogP contribution in [0.15, 0.2) is 12.2 Å². The minimum absolute atomic E-state index is 0. The van der Waals surface area contributed by atoms with Gasteiger partial charge < -0.3 is 19.8 Å². The van der Waals surface area contributed by atoms with Crippen LogP contribution in [0.4, 0.5) is 0 Å². The first-order chi connectivity index (χ1) is 14.3. The molecule has 0 heterocycles. The monoisotopic (exact) mass is 491 g/mol. The van der Waals surface area contributed by atoms with E-state index in [0.717, 1.165) is 38.5 Å². The third-order valence-corrected chi connectivity index (χ3v) is 6.06. The Hall–Kier alpha value is 0.590. The number of carbonyl (C=O) groups excluding carboxylic acids is 2. The van der Waals surface area contributed by atoms with E-state index in [1.54, 1.807) is 0 Å². The molecule has 0 aromatic rings. The average molecular weight is 492 g/mol. The summed E-state index contributed by atoms with van der Waals surface area (Å²) in [5, 5.41) is 10.7. The van der Waals surface area contributed by atoms with Gasteiger partial charge in [-0.3, -0.25) is 4.79 Å². The normalized spacial score (nSPS) is 12.1. The minimum atomic E-state index is -5.02. The standard InChI is InChI=1S/C22H41NO6S.2Na/c1-2-3-4-5-6-7-8-9-10-11-12-13-14-15-16-17-18-23-22(26)20(19-21(24)25)30(27,28)29;;/h9-10,20H,2-8,11-19H2,1H3,(H,23,26)(H,24,25)(H,27,28,29);;/q;2*+1/p-2/b10-9+;;. The van der Waals surface area contributed by atoms with Crippen molar-refractivity contribution < 1.29 is 86.8 Å². The molecule has 0 aliphatic heterocycles. The van der Waals surface area contributed by atoms with Gasteiger partial charge in [-0.1, -0.05) is 76.9 Å². The fourth-order valence-corrected chi connectivity index (χ4v) is 3.86. The van der Waals surface area contributed by atoms with Crippen LogP contribution in [0.25, 0.3) is 0 Å². The van der Waals surface area contributed by atoms with Crippen LogP contribution in [0, 0.1) is 0 Å². The fraction of sp³-hybridized carbons (Fsp3) is 0.818. The number of allylic oxidation sites excluding steroid dienone is 2. The molecule has 1 atom stereocenters. The van der Waals surface area contributed by atoms with Crippen molar-refractivity contribution in [1.29, 1.82) is 0 Å². The molecule has 0 rings (SSSR count). The number of rotatable bonds is 20. The fourth-order valence-electron chi connectivity index (χ4n) is 3.18. The zero-order valence-electron chi connectivity index (χ0n) is 20.4. The molecule has 0 fully saturated rings. The number of hydrogen-bond donors (Lipinski definition) is 1. The van der Waals surface area contributed by atoms with E-state index in [-0.39, 0.29) is 65.7 Å². The zero-order chi connectivity index (χ0) is 22.7. The number of nitrogens with one attached hydrogen (secondary N) is 1. The minimum Gasteiger partial charge on any atom is -0.747 e. The number of carboxylic acid groups (broad SMARTS) is 1. The van der Waals surface area contributed by atoms with Crippen LogP contribution < -0.4 is 69.5 Å². The van der Waals surface area contributed by atoms with Crippen molar-refractivity contribution in [1.82, 2.24) is 5.32 Å². The maximum absolute atomic E-state index is 11.7. The largest absolute Gasteiger partial charge is 1.00 e. The molecular weight excluding hydrogens is 452 g/mol. The Kier molecular flexibility index (Phi) is 28.7. The van der Waals surface area contributed by atoms with Gasteiger partial charge in [0.15, 0.2) is 0 Å². The summed E-state index contributed by atoms with van der Waals surface area (Å²) in [5.74, 6) is -2.81. The molecule has 7 nitrogen and oxygen atoms in total. The van der Waals surface area contributed by atoms with Crippen LogP contribution in [-0.2, 0) is 19.7 Å². The summed E-state index contributed by atoms with van der Waals surface area (Å²) < 4.78 is 32.9. The summed E-state index contributed by atoms with van der Waals surface area (Å²) in [6.45, 7) is 2.45. The predicted molar refractivity (Wildman–Crippen MR) is 116 cm³/mol. The molecular formula is C22H39NNa2O6S. The number of aliphatic carboxylic acids is 1. The Morgan fingerprint density at radius 2 is 1.25 bits per heavy atom. The number of hydrogen-bond acceptors (Lipinski definition) is 6. The van der Waals surface area contributed by atoms with Crippen molar-refractivity contribution in [2.75, 3.05) is 6.54 Å². The first-order valence-corrected chi connectivity index (χ1v) is 12.8. The van der Waals surface area contributed by atoms with Gasteiger partial charge in [0, 0.05) is 18.9 Å². The van der Waals surface area contributed by atoms with E-state index in [1.165, 1.54) is 44.9 Å². The quantitative estimate of drug-likeness (QED) is 0.0849. The second kappa shape index (κ2) is 24.7. The first kappa shape index (κ1) is 37.1. The Morgan fingerprint density at radius 3 is 1.69 bits per heavy atom. The summed E-state index contributed by atoms with van der Waals surface area (Å²) in [7, 11) is -5.02. The second-order valence-corrected chi connectivity index (χ2v) is 9.34. The summed E-state index contributed by atoms with van der Waals surface area (Å²) in [5.41, 5.74) is 0. The Bertz CT molecular complexity index is 599. The van der Waals surface area contributed by atoms with E-state index in [4.69, 9.17) is 0 Å². The molecule has 0 aromatic heterocycles. The number of carbonyl (C=O) groups is 2. The van der Waals surface area contributed by atoms with Crippen molar-refractivity contribution in [2.24, 2.45) is 0 Å². The number of amides is 1. The molecule has 0 aromatic carbocycles. The van der Waals surface area contributed by atoms with Crippen molar-refractivity contribution in [3.63, 3.8) is 0 Å². The molecule has 0 aliphatic rings. The van der Waals surface area contributed by atoms with Crippen LogP contribution in [0.2, 0.25) is 0 Å². The number of carboxylic acids is 1. The molecule has 0 spiro atoms. The molecule has 0 aliphatic carbocycles. The van der Waals surface area contributed by atoms with Crippen LogP contribution >= 0.6 is 0 Å². The predicted octanol–water partition coefficient (Wildman–Crippen LogP) is -2.80. The summed E-state index contributed by atoms with van der Waals surface area (Å²) >= 11 is 0. The number of unbranched alkanes of at least 4 members (excludes halogenated alkanes) is 12. The smallest absolute Gasteiger partial charge is 0.747 e. The van der Waals surface area contributed by atoms with Crippen LogP contribution in [0.1, 0.15) is 103 Å². The topological polar surface area (TPSA) is 126 Å². The van der Waals surface area contributed by atoms with Gasteiger partial charge in [0.2, 0.25) is 5.91 Å². The molecule has 32 heavy (non-hydrogen) atoms. The third-order valence-electron chi connectivity index (χ3n) is 4.98. The van der Waals surface area contributed by atoms with Gasteiger partial charge in [0.25, 0.3) is 0 Å². The van der Waals surface area contributed by atoms with E-state index in [0.29, 0.717) is 6.42 Å². The first-order valence-electron chi connectivity index (χ1n) is 11.4. The summed E-state index contributed by atoms with van der Waals surface area (Å²) in [6, 6.07) is 0. The van der Waals surface area contributed by atoms with Crippen molar-refractivity contribution >= 4 is 22.0 Å². The summed E-state index contributed by atoms with van der Waals surface area (Å²) in [4.78, 5) is 22.2. The molecule has 0 saturated heterocycles. The molecule has 176 valence electrons. The Labute approximate surface area is 239 Å². The van der Waals surface area contributed by atoms with E-state index >= 15 is 0 Å². The second-order valence-electron chi connectivity index (χ2n) is 7.79. The van der Waals surface area contributed by atoms with Gasteiger partial charge in [-0.05, 0) is 32.1 Å². The van der Waals surface area contributed by atoms with E-state index < -0.39 is 33.7 Å². The van der Waals surface area contributed by atoms with Crippen LogP contribution in [0.3, 0.4) is 0 Å². The van der Waals surface area contributed by atoms with E-state index in [9.17, 15) is 27.7 Å². The van der Waals surface area contributed by atoms with Gasteiger partial charge in [-0.2, -0.15) is 0 Å². The van der Waals surface area contributed by atoms with Gasteiger partial charge in [0.1, 0.15) is 15.4 Å². The van der Waals surface area contributed by atoms with Gasteiger partial charge >= 0.3 is 59.1 Å². The van der Waals surface area contributed by atoms with Crippen LogP contribution in [0.5, 0.6) is 0 Å². The zero-order valence-corrected chi connectivity index (χ0v) is 25.2. The molecule has 0 radical (unpaired) electrons. The van der Waals surface area contributed by atoms with Crippen molar-refractivity contribution in [2.45, 2.75) is 108 Å². The molecule has 1 amide bonds. The molecule has 0 saturated carbocycles. The van der Waals surface area contributed by atoms with Crippen molar-refractivity contribution in [3.8, 4) is 0 Å². The van der Waals surface area contributed by atoms with Crippen molar-refractivity contribution in [3.05, 3.63) is 12.2 Å². The molecule has 10 heteroatoms. The van der Waals surface area contributed by atoms with E-state index in [1.807, 2.05) is 0 Å². The summed E-state index contributed by atoms with van der Waals surface area (Å²) in [6.07, 6.45) is 19.6. The molecule has 1 N–H and O–H groups in total. The Balaban J connectivity index is -0.00000420.